The summed E-state index contributed by atoms with van der Waals surface area (Å²) >= 11 is 1.24. The van der Waals surface area contributed by atoms with Crippen molar-refractivity contribution in [2.24, 2.45) is 0 Å². The van der Waals surface area contributed by atoms with E-state index in [4.69, 9.17) is 5.11 Å². The van der Waals surface area contributed by atoms with Crippen LogP contribution in [0.1, 0.15) is 30.7 Å². The number of anilines is 1. The van der Waals surface area contributed by atoms with Crippen LogP contribution in [0.15, 0.2) is 18.2 Å². The average molecular weight is 294 g/mol. The number of aromatic nitrogens is 1. The highest BCUT2D eigenvalue weighted by atomic mass is 32.1. The van der Waals surface area contributed by atoms with Crippen molar-refractivity contribution in [2.75, 3.05) is 5.32 Å². The molecular weight excluding hydrogens is 283 g/mol. The Bertz CT molecular complexity index is 697. The number of aromatic carboxylic acids is 1. The fraction of sp³-hybridized carbons (Fsp3) is 0.154. The Kier molecular flexibility index (Phi) is 3.80. The minimum atomic E-state index is -1.35. The van der Waals surface area contributed by atoms with E-state index < -0.39 is 23.3 Å². The Morgan fingerprint density at radius 3 is 2.55 bits per heavy atom. The van der Waals surface area contributed by atoms with E-state index in [9.17, 15) is 14.0 Å². The van der Waals surface area contributed by atoms with E-state index in [0.29, 0.717) is 10.6 Å². The van der Waals surface area contributed by atoms with Gasteiger partial charge in [-0.15, -0.1) is 11.3 Å². The van der Waals surface area contributed by atoms with Gasteiger partial charge in [-0.05, 0) is 32.0 Å². The smallest absolute Gasteiger partial charge is 0.338 e. The number of benzene rings is 1. The summed E-state index contributed by atoms with van der Waals surface area (Å²) in [5.74, 6) is -2.64. The molecule has 104 valence electrons. The maximum Gasteiger partial charge on any atom is 0.338 e. The second kappa shape index (κ2) is 5.38. The standard InChI is InChI=1S/C13H11FN2O3S/c1-6-11(20-7(2)15-6)12(17)16-8-3-4-9(13(18)19)10(14)5-8/h3-5H,1-2H3,(H,16,17)(H,18,19). The lowest BCUT2D eigenvalue weighted by molar-refractivity contribution is 0.0692. The van der Waals surface area contributed by atoms with Gasteiger partial charge in [-0.1, -0.05) is 0 Å². The number of hydrogen-bond donors (Lipinski definition) is 2. The lowest BCUT2D eigenvalue weighted by Crippen LogP contribution is -2.12. The summed E-state index contributed by atoms with van der Waals surface area (Å²) in [7, 11) is 0. The molecule has 0 aliphatic rings. The molecule has 1 aromatic carbocycles. The Morgan fingerprint density at radius 1 is 1.35 bits per heavy atom. The van der Waals surface area contributed by atoms with E-state index in [0.717, 1.165) is 17.1 Å². The molecule has 0 saturated heterocycles. The van der Waals surface area contributed by atoms with Crippen molar-refractivity contribution in [3.05, 3.63) is 45.2 Å². The molecule has 0 fully saturated rings. The summed E-state index contributed by atoms with van der Waals surface area (Å²) in [5, 5.41) is 12.0. The fourth-order valence-electron chi connectivity index (χ4n) is 1.70. The Labute approximate surface area is 118 Å². The molecule has 2 N–H and O–H groups in total. The van der Waals surface area contributed by atoms with Gasteiger partial charge in [0.15, 0.2) is 0 Å². The number of carboxylic acids is 1. The van der Waals surface area contributed by atoms with E-state index in [1.54, 1.807) is 13.8 Å². The quantitative estimate of drug-likeness (QED) is 0.912. The number of thiazole rings is 1. The summed E-state index contributed by atoms with van der Waals surface area (Å²) in [4.78, 5) is 27.3. The fourth-order valence-corrected chi connectivity index (χ4v) is 2.51. The van der Waals surface area contributed by atoms with Gasteiger partial charge < -0.3 is 10.4 Å². The first-order valence-corrected chi connectivity index (χ1v) is 6.48. The molecule has 20 heavy (non-hydrogen) atoms. The highest BCUT2D eigenvalue weighted by molar-refractivity contribution is 7.13. The van der Waals surface area contributed by atoms with Crippen LogP contribution in [0.5, 0.6) is 0 Å². The second-order valence-corrected chi connectivity index (χ2v) is 5.30. The molecule has 1 amide bonds. The molecule has 1 heterocycles. The number of halogens is 1. The largest absolute Gasteiger partial charge is 0.478 e. The van der Waals surface area contributed by atoms with E-state index in [2.05, 4.69) is 10.3 Å². The molecular formula is C13H11FN2O3S. The lowest BCUT2D eigenvalue weighted by atomic mass is 10.2. The summed E-state index contributed by atoms with van der Waals surface area (Å²) in [5.41, 5.74) is 0.364. The number of carbonyl (C=O) groups excluding carboxylic acids is 1. The summed E-state index contributed by atoms with van der Waals surface area (Å²) < 4.78 is 13.5. The van der Waals surface area contributed by atoms with Crippen LogP contribution < -0.4 is 5.32 Å². The number of aryl methyl sites for hydroxylation is 2. The lowest BCUT2D eigenvalue weighted by Gasteiger charge is -2.05. The number of nitrogens with one attached hydrogen (secondary N) is 1. The summed E-state index contributed by atoms with van der Waals surface area (Å²) in [6.07, 6.45) is 0. The van der Waals surface area contributed by atoms with Crippen LogP contribution in [0.4, 0.5) is 10.1 Å². The van der Waals surface area contributed by atoms with E-state index in [1.807, 2.05) is 0 Å². The molecule has 5 nitrogen and oxygen atoms in total. The SMILES string of the molecule is Cc1nc(C)c(C(=O)Nc2ccc(C(=O)O)c(F)c2)s1. The normalized spacial score (nSPS) is 10.3. The molecule has 2 aromatic rings. The van der Waals surface area contributed by atoms with Gasteiger partial charge in [0.2, 0.25) is 0 Å². The third kappa shape index (κ3) is 2.83. The Balaban J connectivity index is 2.22. The van der Waals surface area contributed by atoms with Gasteiger partial charge in [0, 0.05) is 5.69 Å². The number of carbonyl (C=O) groups is 2. The second-order valence-electron chi connectivity index (χ2n) is 4.10. The number of nitrogens with zero attached hydrogens (tertiary/aromatic N) is 1. The van der Waals surface area contributed by atoms with Gasteiger partial charge in [-0.25, -0.2) is 14.2 Å². The van der Waals surface area contributed by atoms with Crippen LogP contribution in [0.25, 0.3) is 0 Å². The van der Waals surface area contributed by atoms with Crippen LogP contribution in [-0.4, -0.2) is 22.0 Å². The molecule has 0 unspecified atom stereocenters. The minimum absolute atomic E-state index is 0.197. The number of rotatable bonds is 3. The average Bonchev–Trinajstić information content (AvgIpc) is 2.68. The van der Waals surface area contributed by atoms with E-state index in [1.165, 1.54) is 17.4 Å². The van der Waals surface area contributed by atoms with Gasteiger partial charge in [-0.3, -0.25) is 4.79 Å². The molecule has 0 aliphatic heterocycles. The molecule has 2 rings (SSSR count). The first kappa shape index (κ1) is 14.1. The summed E-state index contributed by atoms with van der Waals surface area (Å²) in [6, 6.07) is 3.43. The zero-order chi connectivity index (χ0) is 14.9. The van der Waals surface area contributed by atoms with Crippen molar-refractivity contribution in [3.63, 3.8) is 0 Å². The van der Waals surface area contributed by atoms with Crippen LogP contribution in [0.3, 0.4) is 0 Å². The van der Waals surface area contributed by atoms with Gasteiger partial charge in [-0.2, -0.15) is 0 Å². The summed E-state index contributed by atoms with van der Waals surface area (Å²) in [6.45, 7) is 3.50. The van der Waals surface area contributed by atoms with Gasteiger partial charge >= 0.3 is 5.97 Å². The molecule has 0 aliphatic carbocycles. The van der Waals surface area contributed by atoms with Crippen molar-refractivity contribution in [1.82, 2.24) is 4.98 Å². The molecule has 0 bridgehead atoms. The third-order valence-corrected chi connectivity index (χ3v) is 3.64. The van der Waals surface area contributed by atoms with Gasteiger partial charge in [0.25, 0.3) is 5.91 Å². The Morgan fingerprint density at radius 2 is 2.05 bits per heavy atom. The van der Waals surface area contributed by atoms with Gasteiger partial charge in [0.05, 0.1) is 16.3 Å². The van der Waals surface area contributed by atoms with Crippen molar-refractivity contribution >= 4 is 28.9 Å². The highest BCUT2D eigenvalue weighted by Crippen LogP contribution is 2.20. The van der Waals surface area contributed by atoms with Gasteiger partial charge in [0.1, 0.15) is 10.7 Å². The third-order valence-electron chi connectivity index (χ3n) is 2.57. The van der Waals surface area contributed by atoms with Crippen molar-refractivity contribution < 1.29 is 19.1 Å². The zero-order valence-electron chi connectivity index (χ0n) is 10.7. The predicted octanol–water partition coefficient (Wildman–Crippen LogP) is 2.85. The molecule has 0 radical (unpaired) electrons. The minimum Gasteiger partial charge on any atom is -0.478 e. The highest BCUT2D eigenvalue weighted by Gasteiger charge is 2.15. The molecule has 0 spiro atoms. The van der Waals surface area contributed by atoms with Crippen LogP contribution in [0, 0.1) is 19.7 Å². The molecule has 0 atom stereocenters. The van der Waals surface area contributed by atoms with Crippen molar-refractivity contribution in [1.29, 1.82) is 0 Å². The van der Waals surface area contributed by atoms with Crippen LogP contribution in [0.2, 0.25) is 0 Å². The predicted molar refractivity (Wildman–Crippen MR) is 72.9 cm³/mol. The Hall–Kier alpha value is -2.28. The molecule has 7 heteroatoms. The number of amides is 1. The molecule has 1 aromatic heterocycles. The number of carboxylic acid groups (broad SMARTS) is 1. The maximum absolute atomic E-state index is 13.5. The van der Waals surface area contributed by atoms with Crippen molar-refractivity contribution in [2.45, 2.75) is 13.8 Å². The van der Waals surface area contributed by atoms with Crippen LogP contribution in [-0.2, 0) is 0 Å². The van der Waals surface area contributed by atoms with Crippen molar-refractivity contribution in [3.8, 4) is 0 Å². The zero-order valence-corrected chi connectivity index (χ0v) is 11.5. The monoisotopic (exact) mass is 294 g/mol. The van der Waals surface area contributed by atoms with E-state index >= 15 is 0 Å². The topological polar surface area (TPSA) is 79.3 Å². The maximum atomic E-state index is 13.5. The number of hydrogen-bond acceptors (Lipinski definition) is 4. The van der Waals surface area contributed by atoms with E-state index in [-0.39, 0.29) is 5.69 Å². The molecule has 0 saturated carbocycles. The van der Waals surface area contributed by atoms with Crippen LogP contribution >= 0.6 is 11.3 Å². The first-order valence-electron chi connectivity index (χ1n) is 5.66. The first-order chi connectivity index (χ1) is 9.38.